The first-order valence-electron chi connectivity index (χ1n) is 5.97. The van der Waals surface area contributed by atoms with Crippen molar-refractivity contribution < 1.29 is 14.3 Å². The Balaban J connectivity index is 2.18. The fourth-order valence-electron chi connectivity index (χ4n) is 1.98. The van der Waals surface area contributed by atoms with Crippen LogP contribution >= 0.6 is 0 Å². The Labute approximate surface area is 106 Å². The van der Waals surface area contributed by atoms with E-state index in [1.807, 2.05) is 26.0 Å². The average molecular weight is 247 g/mol. The molecule has 1 saturated carbocycles. The summed E-state index contributed by atoms with van der Waals surface area (Å²) >= 11 is 0. The monoisotopic (exact) mass is 247 g/mol. The van der Waals surface area contributed by atoms with Crippen LogP contribution in [-0.4, -0.2) is 24.5 Å². The number of aryl methyl sites for hydroxylation is 1. The quantitative estimate of drug-likeness (QED) is 0.828. The van der Waals surface area contributed by atoms with E-state index < -0.39 is 5.54 Å². The third-order valence-electron chi connectivity index (χ3n) is 3.53. The summed E-state index contributed by atoms with van der Waals surface area (Å²) in [5, 5.41) is 2.79. The van der Waals surface area contributed by atoms with Gasteiger partial charge in [-0.2, -0.15) is 0 Å². The molecule has 4 nitrogen and oxygen atoms in total. The summed E-state index contributed by atoms with van der Waals surface area (Å²) in [4.78, 5) is 23.8. The number of ether oxygens (including phenoxy) is 1. The van der Waals surface area contributed by atoms with Crippen molar-refractivity contribution in [3.63, 3.8) is 0 Å². The summed E-state index contributed by atoms with van der Waals surface area (Å²) in [6, 6.07) is 5.57. The summed E-state index contributed by atoms with van der Waals surface area (Å²) in [5.74, 6) is -0.569. The minimum Gasteiger partial charge on any atom is -0.467 e. The van der Waals surface area contributed by atoms with Crippen LogP contribution in [0.15, 0.2) is 18.2 Å². The van der Waals surface area contributed by atoms with Gasteiger partial charge in [0.2, 0.25) is 0 Å². The Morgan fingerprint density at radius 1 is 1.28 bits per heavy atom. The van der Waals surface area contributed by atoms with E-state index in [9.17, 15) is 9.59 Å². The van der Waals surface area contributed by atoms with Crippen LogP contribution in [0.4, 0.5) is 0 Å². The van der Waals surface area contributed by atoms with E-state index in [1.165, 1.54) is 7.11 Å². The largest absolute Gasteiger partial charge is 0.467 e. The maximum Gasteiger partial charge on any atom is 0.331 e. The Morgan fingerprint density at radius 2 is 1.94 bits per heavy atom. The normalized spacial score (nSPS) is 15.9. The molecule has 0 radical (unpaired) electrons. The van der Waals surface area contributed by atoms with Gasteiger partial charge in [0.1, 0.15) is 5.54 Å². The first kappa shape index (κ1) is 12.6. The number of esters is 1. The van der Waals surface area contributed by atoms with Crippen molar-refractivity contribution in [3.05, 3.63) is 34.9 Å². The Kier molecular flexibility index (Phi) is 3.11. The van der Waals surface area contributed by atoms with E-state index in [1.54, 1.807) is 6.07 Å². The van der Waals surface area contributed by atoms with Crippen molar-refractivity contribution in [2.75, 3.05) is 7.11 Å². The SMILES string of the molecule is COC(=O)C1(NC(=O)c2cccc(C)c2C)CC1. The van der Waals surface area contributed by atoms with Crippen LogP contribution in [0.25, 0.3) is 0 Å². The second-order valence-corrected chi connectivity index (χ2v) is 4.78. The smallest absolute Gasteiger partial charge is 0.331 e. The summed E-state index contributed by atoms with van der Waals surface area (Å²) in [6.07, 6.45) is 1.30. The van der Waals surface area contributed by atoms with Gasteiger partial charge in [-0.05, 0) is 43.9 Å². The molecule has 1 N–H and O–H groups in total. The molecule has 2 rings (SSSR count). The molecule has 96 valence electrons. The molecule has 1 fully saturated rings. The van der Waals surface area contributed by atoms with Crippen LogP contribution in [0.5, 0.6) is 0 Å². The molecule has 0 aliphatic heterocycles. The first-order valence-corrected chi connectivity index (χ1v) is 5.97. The van der Waals surface area contributed by atoms with Gasteiger partial charge in [-0.3, -0.25) is 4.79 Å². The highest BCUT2D eigenvalue weighted by Crippen LogP contribution is 2.36. The average Bonchev–Trinajstić information content (AvgIpc) is 3.12. The number of rotatable bonds is 3. The molecule has 1 amide bonds. The van der Waals surface area contributed by atoms with Crippen LogP contribution < -0.4 is 5.32 Å². The maximum absolute atomic E-state index is 12.2. The highest BCUT2D eigenvalue weighted by molar-refractivity contribution is 6.00. The van der Waals surface area contributed by atoms with Gasteiger partial charge in [-0.25, -0.2) is 4.79 Å². The number of hydrogen-bond donors (Lipinski definition) is 1. The highest BCUT2D eigenvalue weighted by atomic mass is 16.5. The molecule has 1 aliphatic rings. The van der Waals surface area contributed by atoms with Gasteiger partial charge in [-0.1, -0.05) is 12.1 Å². The molecule has 4 heteroatoms. The minimum atomic E-state index is -0.790. The highest BCUT2D eigenvalue weighted by Gasteiger charge is 2.52. The second-order valence-electron chi connectivity index (χ2n) is 4.78. The number of carbonyl (C=O) groups excluding carboxylic acids is 2. The maximum atomic E-state index is 12.2. The molecule has 0 unspecified atom stereocenters. The van der Waals surface area contributed by atoms with Gasteiger partial charge in [0.25, 0.3) is 5.91 Å². The van der Waals surface area contributed by atoms with Gasteiger partial charge in [0.15, 0.2) is 0 Å². The van der Waals surface area contributed by atoms with Crippen LogP contribution in [0, 0.1) is 13.8 Å². The molecule has 18 heavy (non-hydrogen) atoms. The Bertz CT molecular complexity index is 504. The molecule has 0 saturated heterocycles. The van der Waals surface area contributed by atoms with Crippen molar-refractivity contribution in [3.8, 4) is 0 Å². The molecule has 1 aromatic rings. The van der Waals surface area contributed by atoms with Crippen molar-refractivity contribution in [2.24, 2.45) is 0 Å². The van der Waals surface area contributed by atoms with Crippen LogP contribution in [0.3, 0.4) is 0 Å². The Hall–Kier alpha value is -1.84. The fourth-order valence-corrected chi connectivity index (χ4v) is 1.98. The molecule has 1 aromatic carbocycles. The number of methoxy groups -OCH3 is 1. The Morgan fingerprint density at radius 3 is 2.50 bits per heavy atom. The molecule has 0 spiro atoms. The van der Waals surface area contributed by atoms with E-state index in [0.29, 0.717) is 18.4 Å². The topological polar surface area (TPSA) is 55.4 Å². The second kappa shape index (κ2) is 4.44. The third kappa shape index (κ3) is 2.10. The van der Waals surface area contributed by atoms with Crippen LogP contribution in [-0.2, 0) is 9.53 Å². The van der Waals surface area contributed by atoms with E-state index in [-0.39, 0.29) is 11.9 Å². The lowest BCUT2D eigenvalue weighted by Gasteiger charge is -2.16. The molecule has 1 aliphatic carbocycles. The van der Waals surface area contributed by atoms with Crippen molar-refractivity contribution >= 4 is 11.9 Å². The predicted molar refractivity (Wildman–Crippen MR) is 67.4 cm³/mol. The van der Waals surface area contributed by atoms with E-state index >= 15 is 0 Å². The van der Waals surface area contributed by atoms with Crippen molar-refractivity contribution in [2.45, 2.75) is 32.2 Å². The summed E-state index contributed by atoms with van der Waals surface area (Å²) < 4.78 is 4.71. The van der Waals surface area contributed by atoms with E-state index in [2.05, 4.69) is 5.32 Å². The minimum absolute atomic E-state index is 0.209. The van der Waals surface area contributed by atoms with Gasteiger partial charge in [0, 0.05) is 5.56 Å². The van der Waals surface area contributed by atoms with Crippen molar-refractivity contribution in [1.82, 2.24) is 5.32 Å². The third-order valence-corrected chi connectivity index (χ3v) is 3.53. The number of amides is 1. The lowest BCUT2D eigenvalue weighted by atomic mass is 10.0. The zero-order valence-corrected chi connectivity index (χ0v) is 10.9. The number of carbonyl (C=O) groups is 2. The zero-order chi connectivity index (χ0) is 13.3. The van der Waals surface area contributed by atoms with Gasteiger partial charge < -0.3 is 10.1 Å². The lowest BCUT2D eigenvalue weighted by Crippen LogP contribution is -2.44. The first-order chi connectivity index (χ1) is 8.50. The predicted octanol–water partition coefficient (Wildman–Crippen LogP) is 1.74. The molecule has 0 aromatic heterocycles. The molecule has 0 bridgehead atoms. The van der Waals surface area contributed by atoms with Crippen LogP contribution in [0.2, 0.25) is 0 Å². The molecule has 0 heterocycles. The molecule has 0 atom stereocenters. The van der Waals surface area contributed by atoms with Crippen LogP contribution in [0.1, 0.15) is 34.3 Å². The number of benzene rings is 1. The fraction of sp³-hybridized carbons (Fsp3) is 0.429. The number of hydrogen-bond acceptors (Lipinski definition) is 3. The molecular weight excluding hydrogens is 230 g/mol. The standard InChI is InChI=1S/C14H17NO3/c1-9-5-4-6-11(10(9)2)12(16)15-14(7-8-14)13(17)18-3/h4-6H,7-8H2,1-3H3,(H,15,16). The molecular formula is C14H17NO3. The van der Waals surface area contributed by atoms with Gasteiger partial charge >= 0.3 is 5.97 Å². The summed E-state index contributed by atoms with van der Waals surface area (Å²) in [6.45, 7) is 3.86. The van der Waals surface area contributed by atoms with E-state index in [4.69, 9.17) is 4.74 Å². The van der Waals surface area contributed by atoms with E-state index in [0.717, 1.165) is 11.1 Å². The van der Waals surface area contributed by atoms with Gasteiger partial charge in [0.05, 0.1) is 7.11 Å². The van der Waals surface area contributed by atoms with Crippen molar-refractivity contribution in [1.29, 1.82) is 0 Å². The zero-order valence-electron chi connectivity index (χ0n) is 10.9. The summed E-state index contributed by atoms with van der Waals surface area (Å²) in [7, 11) is 1.34. The lowest BCUT2D eigenvalue weighted by molar-refractivity contribution is -0.144. The summed E-state index contributed by atoms with van der Waals surface area (Å²) in [5.41, 5.74) is 1.83. The van der Waals surface area contributed by atoms with Gasteiger partial charge in [-0.15, -0.1) is 0 Å². The number of nitrogens with one attached hydrogen (secondary N) is 1.